The molecule has 0 aliphatic carbocycles. The lowest BCUT2D eigenvalue weighted by atomic mass is 10.1. The number of rotatable bonds is 3. The van der Waals surface area contributed by atoms with E-state index in [1.807, 2.05) is 0 Å². The molecule has 0 amide bonds. The van der Waals surface area contributed by atoms with Gasteiger partial charge < -0.3 is 10.2 Å². The van der Waals surface area contributed by atoms with Crippen LogP contribution in [0.2, 0.25) is 5.02 Å². The Bertz CT molecular complexity index is 965. The Kier molecular flexibility index (Phi) is 3.89. The Morgan fingerprint density at radius 2 is 2.00 bits per heavy atom. The van der Waals surface area contributed by atoms with Gasteiger partial charge >= 0.3 is 5.97 Å². The van der Waals surface area contributed by atoms with Crippen LogP contribution in [0.5, 0.6) is 5.75 Å². The lowest BCUT2D eigenvalue weighted by Gasteiger charge is -2.09. The van der Waals surface area contributed by atoms with E-state index in [2.05, 4.69) is 10.2 Å². The summed E-state index contributed by atoms with van der Waals surface area (Å²) in [7, 11) is 0. The van der Waals surface area contributed by atoms with Crippen molar-refractivity contribution < 1.29 is 15.0 Å². The summed E-state index contributed by atoms with van der Waals surface area (Å²) in [5, 5.41) is 26.1. The van der Waals surface area contributed by atoms with Crippen LogP contribution in [-0.2, 0) is 0 Å². The molecule has 0 saturated heterocycles. The fourth-order valence-corrected chi connectivity index (χ4v) is 2.63. The number of hydrogen-bond acceptors (Lipinski definition) is 4. The summed E-state index contributed by atoms with van der Waals surface area (Å²) >= 11 is 11.1. The first kappa shape index (κ1) is 15.3. The fraction of sp³-hybridized carbons (Fsp3) is 0. The Hall–Kier alpha value is -2.64. The number of H-pyrrole nitrogens is 1. The van der Waals surface area contributed by atoms with Gasteiger partial charge in [-0.3, -0.25) is 9.67 Å². The minimum atomic E-state index is -1.14. The summed E-state index contributed by atoms with van der Waals surface area (Å²) in [5.41, 5.74) is 0.894. The van der Waals surface area contributed by atoms with Crippen molar-refractivity contribution in [3.63, 3.8) is 0 Å². The summed E-state index contributed by atoms with van der Waals surface area (Å²) in [4.78, 5) is 11.3. The smallest absolute Gasteiger partial charge is 0.337 e. The molecular formula is C15H10ClN3O3S. The SMILES string of the molecule is O=C(O)c1cc(-n2c(-c3ccccc3O)n[nH]c2=S)ccc1Cl. The standard InChI is InChI=1S/C15H10ClN3O3S/c16-11-6-5-8(7-10(11)14(21)22)19-13(17-18-15(19)23)9-3-1-2-4-12(9)20/h1-7,20H,(H,18,23)(H,21,22). The van der Waals surface area contributed by atoms with Crippen molar-refractivity contribution in [2.24, 2.45) is 0 Å². The second-order valence-electron chi connectivity index (χ2n) is 4.67. The van der Waals surface area contributed by atoms with Gasteiger partial charge in [-0.25, -0.2) is 4.79 Å². The van der Waals surface area contributed by atoms with Gasteiger partial charge in [0.2, 0.25) is 0 Å². The van der Waals surface area contributed by atoms with Gasteiger partial charge in [-0.15, -0.1) is 0 Å². The van der Waals surface area contributed by atoms with Gasteiger partial charge in [0.05, 0.1) is 21.8 Å². The van der Waals surface area contributed by atoms with Crippen LogP contribution in [0.15, 0.2) is 42.5 Å². The van der Waals surface area contributed by atoms with Crippen LogP contribution in [0, 0.1) is 4.77 Å². The third kappa shape index (κ3) is 2.71. The van der Waals surface area contributed by atoms with E-state index in [4.69, 9.17) is 23.8 Å². The van der Waals surface area contributed by atoms with Gasteiger partial charge in [-0.05, 0) is 42.5 Å². The number of nitrogens with one attached hydrogen (secondary N) is 1. The van der Waals surface area contributed by atoms with E-state index < -0.39 is 5.97 Å². The van der Waals surface area contributed by atoms with Crippen molar-refractivity contribution in [1.82, 2.24) is 14.8 Å². The van der Waals surface area contributed by atoms with E-state index in [1.165, 1.54) is 22.8 Å². The number of phenolic OH excluding ortho intramolecular Hbond substituents is 1. The molecule has 3 rings (SSSR count). The average molecular weight is 348 g/mol. The zero-order valence-electron chi connectivity index (χ0n) is 11.5. The van der Waals surface area contributed by atoms with Crippen molar-refractivity contribution in [2.45, 2.75) is 0 Å². The number of aromatic carboxylic acids is 1. The van der Waals surface area contributed by atoms with Crippen LogP contribution in [0.3, 0.4) is 0 Å². The molecule has 0 unspecified atom stereocenters. The number of nitrogens with zero attached hydrogens (tertiary/aromatic N) is 2. The number of carboxylic acid groups (broad SMARTS) is 1. The van der Waals surface area contributed by atoms with E-state index in [9.17, 15) is 15.0 Å². The van der Waals surface area contributed by atoms with Crippen molar-refractivity contribution in [3.8, 4) is 22.8 Å². The molecule has 3 aromatic rings. The molecule has 0 aliphatic rings. The molecule has 1 aromatic heterocycles. The minimum Gasteiger partial charge on any atom is -0.507 e. The Morgan fingerprint density at radius 3 is 2.70 bits per heavy atom. The van der Waals surface area contributed by atoms with Gasteiger partial charge in [0.25, 0.3) is 0 Å². The summed E-state index contributed by atoms with van der Waals surface area (Å²) in [6.45, 7) is 0. The number of aromatic amines is 1. The molecule has 8 heteroatoms. The first-order valence-corrected chi connectivity index (χ1v) is 7.26. The summed E-state index contributed by atoms with van der Waals surface area (Å²) in [5.74, 6) is -0.738. The van der Waals surface area contributed by atoms with E-state index in [1.54, 1.807) is 24.3 Å². The van der Waals surface area contributed by atoms with Gasteiger partial charge in [0.1, 0.15) is 5.75 Å². The quantitative estimate of drug-likeness (QED) is 0.629. The third-order valence-electron chi connectivity index (χ3n) is 3.26. The van der Waals surface area contributed by atoms with Crippen LogP contribution in [-0.4, -0.2) is 30.9 Å². The number of aromatic hydroxyl groups is 1. The summed E-state index contributed by atoms with van der Waals surface area (Å²) in [6.07, 6.45) is 0. The first-order valence-electron chi connectivity index (χ1n) is 6.48. The Morgan fingerprint density at radius 1 is 1.26 bits per heavy atom. The number of hydrogen-bond donors (Lipinski definition) is 3. The van der Waals surface area contributed by atoms with E-state index in [0.717, 1.165) is 0 Å². The molecule has 0 aliphatic heterocycles. The highest BCUT2D eigenvalue weighted by atomic mass is 35.5. The lowest BCUT2D eigenvalue weighted by Crippen LogP contribution is -2.03. The highest BCUT2D eigenvalue weighted by Gasteiger charge is 2.16. The molecule has 0 atom stereocenters. The maximum atomic E-state index is 11.3. The van der Waals surface area contributed by atoms with Crippen LogP contribution in [0.25, 0.3) is 17.1 Å². The number of phenols is 1. The van der Waals surface area contributed by atoms with Crippen LogP contribution in [0.4, 0.5) is 0 Å². The maximum absolute atomic E-state index is 11.3. The zero-order chi connectivity index (χ0) is 16.6. The topological polar surface area (TPSA) is 91.1 Å². The highest BCUT2D eigenvalue weighted by molar-refractivity contribution is 7.71. The van der Waals surface area contributed by atoms with Crippen LogP contribution >= 0.6 is 23.8 Å². The van der Waals surface area contributed by atoms with Crippen molar-refractivity contribution in [2.75, 3.05) is 0 Å². The molecule has 0 spiro atoms. The van der Waals surface area contributed by atoms with E-state index in [-0.39, 0.29) is 21.1 Å². The van der Waals surface area contributed by atoms with Gasteiger partial charge in [0.15, 0.2) is 10.6 Å². The molecule has 23 heavy (non-hydrogen) atoms. The fourth-order valence-electron chi connectivity index (χ4n) is 2.20. The molecule has 0 saturated carbocycles. The lowest BCUT2D eigenvalue weighted by molar-refractivity contribution is 0.0697. The highest BCUT2D eigenvalue weighted by Crippen LogP contribution is 2.30. The van der Waals surface area contributed by atoms with Crippen LogP contribution < -0.4 is 0 Å². The van der Waals surface area contributed by atoms with E-state index >= 15 is 0 Å². The average Bonchev–Trinajstić information content (AvgIpc) is 2.89. The number of para-hydroxylation sites is 1. The molecule has 0 fully saturated rings. The molecule has 0 bridgehead atoms. The van der Waals surface area contributed by atoms with Gasteiger partial charge in [0, 0.05) is 0 Å². The summed E-state index contributed by atoms with van der Waals surface area (Å²) < 4.78 is 1.80. The molecule has 116 valence electrons. The number of carboxylic acids is 1. The van der Waals surface area contributed by atoms with Crippen LogP contribution in [0.1, 0.15) is 10.4 Å². The number of benzene rings is 2. The normalized spacial score (nSPS) is 10.7. The van der Waals surface area contributed by atoms with Gasteiger partial charge in [-0.2, -0.15) is 5.10 Å². The molecule has 3 N–H and O–H groups in total. The molecule has 6 nitrogen and oxygen atoms in total. The largest absolute Gasteiger partial charge is 0.507 e. The monoisotopic (exact) mass is 347 g/mol. The van der Waals surface area contributed by atoms with Crippen molar-refractivity contribution in [1.29, 1.82) is 0 Å². The predicted molar refractivity (Wildman–Crippen MR) is 87.8 cm³/mol. The van der Waals surface area contributed by atoms with E-state index in [0.29, 0.717) is 17.1 Å². The number of halogens is 1. The molecular weight excluding hydrogens is 338 g/mol. The Balaban J connectivity index is 2.25. The molecule has 2 aromatic carbocycles. The minimum absolute atomic E-state index is 0.0372. The molecule has 1 heterocycles. The second-order valence-corrected chi connectivity index (χ2v) is 5.47. The second kappa shape index (κ2) is 5.86. The number of carbonyl (C=O) groups is 1. The third-order valence-corrected chi connectivity index (χ3v) is 3.86. The van der Waals surface area contributed by atoms with Gasteiger partial charge in [-0.1, -0.05) is 23.7 Å². The van der Waals surface area contributed by atoms with Crippen molar-refractivity contribution >= 4 is 29.8 Å². The maximum Gasteiger partial charge on any atom is 0.337 e. The number of aromatic nitrogens is 3. The summed E-state index contributed by atoms with van der Waals surface area (Å²) in [6, 6.07) is 11.2. The first-order chi connectivity index (χ1) is 11.0. The zero-order valence-corrected chi connectivity index (χ0v) is 13.1. The Labute approximate surface area is 140 Å². The molecule has 0 radical (unpaired) electrons. The van der Waals surface area contributed by atoms with Crippen molar-refractivity contribution in [3.05, 3.63) is 57.8 Å². The predicted octanol–water partition coefficient (Wildman–Crippen LogP) is 3.65.